The highest BCUT2D eigenvalue weighted by Crippen LogP contribution is 2.47. The molecular weight excluding hydrogens is 292 g/mol. The molecule has 0 spiro atoms. The lowest BCUT2D eigenvalue weighted by atomic mass is 9.62. The summed E-state index contributed by atoms with van der Waals surface area (Å²) in [5.74, 6) is 0.289. The topological polar surface area (TPSA) is 20.2 Å². The molecule has 2 aromatic carbocycles. The van der Waals surface area contributed by atoms with E-state index in [4.69, 9.17) is 0 Å². The second-order valence-corrected chi connectivity index (χ2v) is 8.51. The second kappa shape index (κ2) is 5.51. The number of aryl methyl sites for hydroxylation is 1. The molecule has 1 heteroatoms. The van der Waals surface area contributed by atoms with E-state index in [9.17, 15) is 5.11 Å². The van der Waals surface area contributed by atoms with Crippen LogP contribution >= 0.6 is 0 Å². The summed E-state index contributed by atoms with van der Waals surface area (Å²) in [6.45, 7) is 15.9. The Hall–Kier alpha value is -2.02. The fourth-order valence-corrected chi connectivity index (χ4v) is 3.87. The Morgan fingerprint density at radius 2 is 1.42 bits per heavy atom. The van der Waals surface area contributed by atoms with E-state index in [-0.39, 0.29) is 16.6 Å². The van der Waals surface area contributed by atoms with Crippen molar-refractivity contribution in [3.8, 4) is 5.75 Å². The Balaban J connectivity index is 2.14. The maximum atomic E-state index is 9.52. The highest BCUT2D eigenvalue weighted by molar-refractivity contribution is 5.80. The van der Waals surface area contributed by atoms with Crippen LogP contribution in [-0.4, -0.2) is 5.11 Å². The van der Waals surface area contributed by atoms with Gasteiger partial charge in [-0.1, -0.05) is 58.5 Å². The molecule has 0 saturated heterocycles. The van der Waals surface area contributed by atoms with E-state index in [1.165, 1.54) is 35.1 Å². The van der Waals surface area contributed by atoms with Crippen molar-refractivity contribution in [1.29, 1.82) is 0 Å². The number of hydrogen-bond acceptors (Lipinski definition) is 1. The quantitative estimate of drug-likeness (QED) is 0.707. The molecule has 1 nitrogen and oxygen atoms in total. The predicted octanol–water partition coefficient (Wildman–Crippen LogP) is 6.11. The van der Waals surface area contributed by atoms with Gasteiger partial charge in [-0.25, -0.2) is 0 Å². The Kier molecular flexibility index (Phi) is 3.86. The fraction of sp³-hybridized carbons (Fsp3) is 0.391. The van der Waals surface area contributed by atoms with E-state index < -0.39 is 0 Å². The van der Waals surface area contributed by atoms with Crippen LogP contribution in [0.15, 0.2) is 43.0 Å². The van der Waals surface area contributed by atoms with Gasteiger partial charge in [0.05, 0.1) is 0 Å². The van der Waals surface area contributed by atoms with Crippen LogP contribution in [0.2, 0.25) is 0 Å². The maximum Gasteiger partial charge on any atom is 0.115 e. The average Bonchev–Trinajstić information content (AvgIpc) is 2.52. The molecule has 126 valence electrons. The normalized spacial score (nSPS) is 18.0. The zero-order valence-electron chi connectivity index (χ0n) is 15.5. The fourth-order valence-electron chi connectivity index (χ4n) is 3.87. The van der Waals surface area contributed by atoms with Gasteiger partial charge in [-0.05, 0) is 76.1 Å². The number of benzene rings is 2. The number of aromatic hydroxyl groups is 1. The van der Waals surface area contributed by atoms with E-state index >= 15 is 0 Å². The molecule has 1 aliphatic rings. The van der Waals surface area contributed by atoms with Crippen LogP contribution in [-0.2, 0) is 10.8 Å². The van der Waals surface area contributed by atoms with Gasteiger partial charge in [0.15, 0.2) is 0 Å². The SMILES string of the molecule is C=C(c1ccc(O)cc1)c1cc2c(cc1C)C(C)(C)CCC2(C)C. The molecule has 1 aliphatic carbocycles. The summed E-state index contributed by atoms with van der Waals surface area (Å²) in [5.41, 5.74) is 7.94. The van der Waals surface area contributed by atoms with Crippen LogP contribution in [0.4, 0.5) is 0 Å². The van der Waals surface area contributed by atoms with Gasteiger partial charge in [-0.2, -0.15) is 0 Å². The minimum atomic E-state index is 0.197. The van der Waals surface area contributed by atoms with Gasteiger partial charge in [0.25, 0.3) is 0 Å². The van der Waals surface area contributed by atoms with Crippen molar-refractivity contribution < 1.29 is 5.11 Å². The molecule has 2 aromatic rings. The van der Waals surface area contributed by atoms with Crippen LogP contribution < -0.4 is 0 Å². The van der Waals surface area contributed by atoms with Crippen molar-refractivity contribution in [3.05, 3.63) is 70.8 Å². The third-order valence-electron chi connectivity index (χ3n) is 5.74. The minimum absolute atomic E-state index is 0.197. The monoisotopic (exact) mass is 320 g/mol. The molecule has 0 heterocycles. The number of phenolic OH excluding ortho intramolecular Hbond substituents is 1. The van der Waals surface area contributed by atoms with E-state index in [1.807, 2.05) is 12.1 Å². The first-order valence-electron chi connectivity index (χ1n) is 8.76. The largest absolute Gasteiger partial charge is 0.508 e. The Morgan fingerprint density at radius 1 is 0.917 bits per heavy atom. The molecule has 0 aromatic heterocycles. The number of fused-ring (bicyclic) bond motifs is 1. The number of rotatable bonds is 2. The molecule has 0 saturated carbocycles. The van der Waals surface area contributed by atoms with Crippen molar-refractivity contribution in [2.75, 3.05) is 0 Å². The minimum Gasteiger partial charge on any atom is -0.508 e. The smallest absolute Gasteiger partial charge is 0.115 e. The zero-order valence-corrected chi connectivity index (χ0v) is 15.5. The van der Waals surface area contributed by atoms with Crippen LogP contribution in [0.5, 0.6) is 5.75 Å². The Morgan fingerprint density at radius 3 is 1.96 bits per heavy atom. The van der Waals surface area contributed by atoms with Crippen molar-refractivity contribution in [2.45, 2.75) is 58.3 Å². The Bertz CT molecular complexity index is 792. The molecule has 24 heavy (non-hydrogen) atoms. The summed E-state index contributed by atoms with van der Waals surface area (Å²) >= 11 is 0. The maximum absolute atomic E-state index is 9.52. The third kappa shape index (κ3) is 2.77. The van der Waals surface area contributed by atoms with E-state index in [0.717, 1.165) is 11.1 Å². The van der Waals surface area contributed by atoms with Gasteiger partial charge in [-0.15, -0.1) is 0 Å². The zero-order chi connectivity index (χ0) is 17.7. The van der Waals surface area contributed by atoms with Gasteiger partial charge in [-0.3, -0.25) is 0 Å². The average molecular weight is 320 g/mol. The van der Waals surface area contributed by atoms with Gasteiger partial charge < -0.3 is 5.11 Å². The molecule has 0 fully saturated rings. The second-order valence-electron chi connectivity index (χ2n) is 8.51. The number of phenols is 1. The van der Waals surface area contributed by atoms with E-state index in [2.05, 4.69) is 53.3 Å². The van der Waals surface area contributed by atoms with Gasteiger partial charge >= 0.3 is 0 Å². The molecule has 0 radical (unpaired) electrons. The van der Waals surface area contributed by atoms with Crippen LogP contribution in [0.1, 0.15) is 68.4 Å². The molecule has 0 unspecified atom stereocenters. The van der Waals surface area contributed by atoms with Crippen LogP contribution in [0.3, 0.4) is 0 Å². The van der Waals surface area contributed by atoms with E-state index in [1.54, 1.807) is 12.1 Å². The summed E-state index contributed by atoms with van der Waals surface area (Å²) in [6.07, 6.45) is 2.44. The standard InChI is InChI=1S/C23H28O/c1-15-13-20-21(23(5,6)12-11-22(20,3)4)14-19(15)16(2)17-7-9-18(24)10-8-17/h7-10,13-14,24H,2,11-12H2,1,3-6H3. The summed E-state index contributed by atoms with van der Waals surface area (Å²) in [5, 5.41) is 9.52. The van der Waals surface area contributed by atoms with Crippen molar-refractivity contribution in [2.24, 2.45) is 0 Å². The number of hydrogen-bond donors (Lipinski definition) is 1. The third-order valence-corrected chi connectivity index (χ3v) is 5.74. The summed E-state index contributed by atoms with van der Waals surface area (Å²) in [4.78, 5) is 0. The molecule has 0 amide bonds. The van der Waals surface area contributed by atoms with Crippen molar-refractivity contribution >= 4 is 5.57 Å². The van der Waals surface area contributed by atoms with Gasteiger partial charge in [0.1, 0.15) is 5.75 Å². The lowest BCUT2D eigenvalue weighted by Crippen LogP contribution is -2.34. The molecule has 0 aliphatic heterocycles. The molecular formula is C23H28O. The first-order valence-corrected chi connectivity index (χ1v) is 8.76. The van der Waals surface area contributed by atoms with Crippen LogP contribution in [0.25, 0.3) is 5.57 Å². The summed E-state index contributed by atoms with van der Waals surface area (Å²) in [6, 6.07) is 12.1. The first-order chi connectivity index (χ1) is 11.1. The lowest BCUT2D eigenvalue weighted by Gasteiger charge is -2.42. The molecule has 3 rings (SSSR count). The van der Waals surface area contributed by atoms with Crippen molar-refractivity contribution in [1.82, 2.24) is 0 Å². The summed E-state index contributed by atoms with van der Waals surface area (Å²) in [7, 11) is 0. The van der Waals surface area contributed by atoms with Gasteiger partial charge in [0.2, 0.25) is 0 Å². The Labute approximate surface area is 146 Å². The molecule has 1 N–H and O–H groups in total. The lowest BCUT2D eigenvalue weighted by molar-refractivity contribution is 0.331. The van der Waals surface area contributed by atoms with Crippen molar-refractivity contribution in [3.63, 3.8) is 0 Å². The predicted molar refractivity (Wildman–Crippen MR) is 103 cm³/mol. The molecule has 0 atom stereocenters. The van der Waals surface area contributed by atoms with Crippen LogP contribution in [0, 0.1) is 6.92 Å². The first kappa shape index (κ1) is 16.8. The highest BCUT2D eigenvalue weighted by atomic mass is 16.3. The molecule has 0 bridgehead atoms. The summed E-state index contributed by atoms with van der Waals surface area (Å²) < 4.78 is 0. The van der Waals surface area contributed by atoms with E-state index in [0.29, 0.717) is 0 Å². The highest BCUT2D eigenvalue weighted by Gasteiger charge is 2.37. The van der Waals surface area contributed by atoms with Gasteiger partial charge in [0, 0.05) is 0 Å².